The topological polar surface area (TPSA) is 54.9 Å². The van der Waals surface area contributed by atoms with Crippen molar-refractivity contribution in [2.45, 2.75) is 19.5 Å². The zero-order valence-electron chi connectivity index (χ0n) is 14.4. The molecular weight excluding hydrogens is 355 g/mol. The maximum absolute atomic E-state index is 12.5. The van der Waals surface area contributed by atoms with Crippen molar-refractivity contribution < 1.29 is 18.0 Å². The normalized spacial score (nSPS) is 11.3. The summed E-state index contributed by atoms with van der Waals surface area (Å²) < 4.78 is 37.6. The fourth-order valence-electron chi connectivity index (χ4n) is 2.42. The van der Waals surface area contributed by atoms with E-state index in [1.807, 2.05) is 18.3 Å². The largest absolute Gasteiger partial charge is 0.417 e. The molecule has 0 aliphatic rings. The number of aryl methyl sites for hydroxylation is 1. The highest BCUT2D eigenvalue weighted by molar-refractivity contribution is 6.03. The summed E-state index contributed by atoms with van der Waals surface area (Å²) >= 11 is 0. The Morgan fingerprint density at radius 3 is 2.22 bits per heavy atom. The van der Waals surface area contributed by atoms with Crippen molar-refractivity contribution in [3.05, 3.63) is 77.6 Å². The maximum Gasteiger partial charge on any atom is 0.417 e. The third-order valence-corrected chi connectivity index (χ3v) is 4.01. The fourth-order valence-corrected chi connectivity index (χ4v) is 2.42. The highest BCUT2D eigenvalue weighted by atomic mass is 19.4. The van der Waals surface area contributed by atoms with Gasteiger partial charge in [-0.2, -0.15) is 13.2 Å². The number of pyridine rings is 2. The molecule has 2 heterocycles. The molecule has 1 aromatic carbocycles. The molecule has 3 aromatic rings. The van der Waals surface area contributed by atoms with Crippen LogP contribution in [0.3, 0.4) is 0 Å². The zero-order chi connectivity index (χ0) is 19.4. The Balaban J connectivity index is 1.70. The molecule has 1 amide bonds. The molecule has 3 rings (SSSR count). The number of carbonyl (C=O) groups is 1. The van der Waals surface area contributed by atoms with Gasteiger partial charge >= 0.3 is 6.18 Å². The number of carbonyl (C=O) groups excluding carboxylic acids is 1. The summed E-state index contributed by atoms with van der Waals surface area (Å²) in [6, 6.07) is 12.7. The van der Waals surface area contributed by atoms with Crippen molar-refractivity contribution in [1.82, 2.24) is 9.97 Å². The third-order valence-electron chi connectivity index (χ3n) is 4.01. The summed E-state index contributed by atoms with van der Waals surface area (Å²) in [5.74, 6) is -0.406. The number of amides is 1. The monoisotopic (exact) mass is 371 g/mol. The molecule has 7 heteroatoms. The first-order chi connectivity index (χ1) is 12.9. The van der Waals surface area contributed by atoms with Crippen molar-refractivity contribution in [1.29, 1.82) is 0 Å². The molecule has 0 saturated heterocycles. The van der Waals surface area contributed by atoms with Gasteiger partial charge in [0.2, 0.25) is 0 Å². The number of nitrogens with zero attached hydrogens (tertiary/aromatic N) is 2. The van der Waals surface area contributed by atoms with Gasteiger partial charge in [-0.15, -0.1) is 0 Å². The minimum absolute atomic E-state index is 0.0499. The SMILES string of the molecule is CCc1ccc(-c2ccc(C(=O)Nc3ccc(C(F)(F)F)cn3)cc2)nc1. The first kappa shape index (κ1) is 18.6. The lowest BCUT2D eigenvalue weighted by Gasteiger charge is -2.08. The number of anilines is 1. The predicted molar refractivity (Wildman–Crippen MR) is 96.2 cm³/mol. The van der Waals surface area contributed by atoms with Gasteiger partial charge in [0.25, 0.3) is 5.91 Å². The van der Waals surface area contributed by atoms with Crippen LogP contribution in [-0.4, -0.2) is 15.9 Å². The van der Waals surface area contributed by atoms with Gasteiger partial charge < -0.3 is 5.32 Å². The third kappa shape index (κ3) is 4.49. The van der Waals surface area contributed by atoms with Gasteiger partial charge in [-0.3, -0.25) is 9.78 Å². The average Bonchev–Trinajstić information content (AvgIpc) is 2.68. The van der Waals surface area contributed by atoms with Gasteiger partial charge in [0.05, 0.1) is 11.3 Å². The van der Waals surface area contributed by atoms with Crippen LogP contribution in [0.15, 0.2) is 60.9 Å². The molecule has 0 saturated carbocycles. The van der Waals surface area contributed by atoms with Crippen LogP contribution in [0.4, 0.5) is 19.0 Å². The molecule has 1 N–H and O–H groups in total. The molecule has 0 bridgehead atoms. The second kappa shape index (κ2) is 7.57. The van der Waals surface area contributed by atoms with Gasteiger partial charge in [0.15, 0.2) is 0 Å². The second-order valence-corrected chi connectivity index (χ2v) is 5.87. The van der Waals surface area contributed by atoms with Crippen LogP contribution in [-0.2, 0) is 12.6 Å². The Morgan fingerprint density at radius 2 is 1.70 bits per heavy atom. The van der Waals surface area contributed by atoms with E-state index in [9.17, 15) is 18.0 Å². The van der Waals surface area contributed by atoms with Gasteiger partial charge in [-0.05, 0) is 42.3 Å². The highest BCUT2D eigenvalue weighted by Crippen LogP contribution is 2.29. The van der Waals surface area contributed by atoms with Gasteiger partial charge in [-0.1, -0.05) is 25.1 Å². The summed E-state index contributed by atoms with van der Waals surface area (Å²) in [4.78, 5) is 20.3. The molecule has 0 atom stereocenters. The summed E-state index contributed by atoms with van der Waals surface area (Å²) in [5.41, 5.74) is 2.29. The van der Waals surface area contributed by atoms with Gasteiger partial charge in [0.1, 0.15) is 5.82 Å². The summed E-state index contributed by atoms with van der Waals surface area (Å²) in [5, 5.41) is 2.48. The van der Waals surface area contributed by atoms with Crippen molar-refractivity contribution in [3.63, 3.8) is 0 Å². The van der Waals surface area contributed by atoms with E-state index >= 15 is 0 Å². The lowest BCUT2D eigenvalue weighted by Crippen LogP contribution is -2.13. The predicted octanol–water partition coefficient (Wildman–Crippen LogP) is 4.98. The molecule has 27 heavy (non-hydrogen) atoms. The first-order valence-electron chi connectivity index (χ1n) is 8.27. The van der Waals surface area contributed by atoms with Crippen LogP contribution in [0, 0.1) is 0 Å². The molecule has 0 fully saturated rings. The van der Waals surface area contributed by atoms with Crippen LogP contribution < -0.4 is 5.32 Å². The van der Waals surface area contributed by atoms with Crippen LogP contribution in [0.25, 0.3) is 11.3 Å². The molecular formula is C20H16F3N3O. The number of halogens is 3. The van der Waals surface area contributed by atoms with Crippen LogP contribution in [0.5, 0.6) is 0 Å². The molecule has 0 unspecified atom stereocenters. The minimum atomic E-state index is -4.46. The Hall–Kier alpha value is -3.22. The molecule has 4 nitrogen and oxygen atoms in total. The number of rotatable bonds is 4. The summed E-state index contributed by atoms with van der Waals surface area (Å²) in [7, 11) is 0. The Labute approximate surface area is 154 Å². The standard InChI is InChI=1S/C20H16F3N3O/c1-2-13-3-9-17(24-11-13)14-4-6-15(7-5-14)19(27)26-18-10-8-16(12-25-18)20(21,22)23/h3-12H,2H2,1H3,(H,25,26,27). The number of hydrogen-bond donors (Lipinski definition) is 1. The fraction of sp³-hybridized carbons (Fsp3) is 0.150. The summed E-state index contributed by atoms with van der Waals surface area (Å²) in [6.07, 6.45) is -1.06. The van der Waals surface area contributed by atoms with Crippen molar-refractivity contribution in [2.24, 2.45) is 0 Å². The van der Waals surface area contributed by atoms with E-state index in [2.05, 4.69) is 22.2 Å². The van der Waals surface area contributed by atoms with Crippen LogP contribution >= 0.6 is 0 Å². The van der Waals surface area contributed by atoms with Crippen molar-refractivity contribution in [3.8, 4) is 11.3 Å². The molecule has 0 aliphatic carbocycles. The van der Waals surface area contributed by atoms with Gasteiger partial charge in [-0.25, -0.2) is 4.98 Å². The van der Waals surface area contributed by atoms with Crippen LogP contribution in [0.1, 0.15) is 28.4 Å². The first-order valence-corrected chi connectivity index (χ1v) is 8.27. The second-order valence-electron chi connectivity index (χ2n) is 5.87. The lowest BCUT2D eigenvalue weighted by molar-refractivity contribution is -0.137. The van der Waals surface area contributed by atoms with E-state index in [1.54, 1.807) is 24.3 Å². The maximum atomic E-state index is 12.5. The smallest absolute Gasteiger partial charge is 0.307 e. The van der Waals surface area contributed by atoms with Crippen LogP contribution in [0.2, 0.25) is 0 Å². The highest BCUT2D eigenvalue weighted by Gasteiger charge is 2.30. The van der Waals surface area contributed by atoms with E-state index in [0.717, 1.165) is 35.4 Å². The van der Waals surface area contributed by atoms with Crippen molar-refractivity contribution in [2.75, 3.05) is 5.32 Å². The Morgan fingerprint density at radius 1 is 0.963 bits per heavy atom. The van der Waals surface area contributed by atoms with Gasteiger partial charge in [0, 0.05) is 23.5 Å². The molecule has 138 valence electrons. The molecule has 0 spiro atoms. The number of benzene rings is 1. The minimum Gasteiger partial charge on any atom is -0.307 e. The zero-order valence-corrected chi connectivity index (χ0v) is 14.4. The Bertz CT molecular complexity index is 919. The number of alkyl halides is 3. The Kier molecular flexibility index (Phi) is 5.21. The quantitative estimate of drug-likeness (QED) is 0.704. The van der Waals surface area contributed by atoms with E-state index in [4.69, 9.17) is 0 Å². The number of aromatic nitrogens is 2. The average molecular weight is 371 g/mol. The summed E-state index contributed by atoms with van der Waals surface area (Å²) in [6.45, 7) is 2.05. The van der Waals surface area contributed by atoms with E-state index < -0.39 is 17.6 Å². The molecule has 0 radical (unpaired) electrons. The van der Waals surface area contributed by atoms with E-state index in [0.29, 0.717) is 11.8 Å². The number of nitrogens with one attached hydrogen (secondary N) is 1. The van der Waals surface area contributed by atoms with E-state index in [-0.39, 0.29) is 5.82 Å². The van der Waals surface area contributed by atoms with E-state index in [1.165, 1.54) is 0 Å². The number of hydrogen-bond acceptors (Lipinski definition) is 3. The molecule has 0 aliphatic heterocycles. The van der Waals surface area contributed by atoms with Crippen molar-refractivity contribution >= 4 is 11.7 Å². The molecule has 2 aromatic heterocycles. The lowest BCUT2D eigenvalue weighted by atomic mass is 10.1.